The van der Waals surface area contributed by atoms with Crippen LogP contribution in [0.1, 0.15) is 23.6 Å². The Morgan fingerprint density at radius 1 is 1.08 bits per heavy atom. The molecule has 4 rings (SSSR count). The number of fused-ring (bicyclic) bond motifs is 2. The zero-order chi connectivity index (χ0) is 18.6. The number of imide groups is 1. The molecule has 6 heteroatoms. The average molecular weight is 366 g/mol. The number of nitrogens with zero attached hydrogens (tertiary/aromatic N) is 2. The van der Waals surface area contributed by atoms with Gasteiger partial charge in [-0.05, 0) is 43.2 Å². The number of para-hydroxylation sites is 1. The number of carbonyl (C=O) groups excluding carboxylic acids is 3. The molecule has 2 aromatic rings. The first-order valence-electron chi connectivity index (χ1n) is 8.37. The minimum absolute atomic E-state index is 0.133. The Labute approximate surface area is 156 Å². The van der Waals surface area contributed by atoms with E-state index in [4.69, 9.17) is 0 Å². The van der Waals surface area contributed by atoms with Crippen LogP contribution >= 0.6 is 11.8 Å². The molecule has 26 heavy (non-hydrogen) atoms. The highest BCUT2D eigenvalue weighted by atomic mass is 32.2. The van der Waals surface area contributed by atoms with Crippen molar-refractivity contribution in [1.29, 1.82) is 0 Å². The quantitative estimate of drug-likeness (QED) is 0.778. The standard InChI is InChI=1S/C20H18N2O3S/c1-12-8-9-15(10-13(12)2)22-18(24)11-26-20(22)16-6-4-5-7-17(16)21(14(3)23)19(20)25/h4-10H,11H2,1-3H3. The number of benzene rings is 2. The molecule has 0 saturated carbocycles. The van der Waals surface area contributed by atoms with Gasteiger partial charge in [-0.3, -0.25) is 19.3 Å². The minimum Gasteiger partial charge on any atom is -0.283 e. The van der Waals surface area contributed by atoms with Crippen LogP contribution in [0.5, 0.6) is 0 Å². The van der Waals surface area contributed by atoms with Gasteiger partial charge in [0.05, 0.1) is 11.4 Å². The molecule has 0 radical (unpaired) electrons. The highest BCUT2D eigenvalue weighted by Gasteiger charge is 2.61. The Balaban J connectivity index is 1.96. The molecule has 132 valence electrons. The van der Waals surface area contributed by atoms with Crippen LogP contribution in [0, 0.1) is 13.8 Å². The first-order valence-corrected chi connectivity index (χ1v) is 9.35. The number of rotatable bonds is 1. The Hall–Kier alpha value is -2.60. The number of hydrogen-bond acceptors (Lipinski definition) is 4. The maximum Gasteiger partial charge on any atom is 0.275 e. The number of anilines is 2. The molecule has 0 aromatic heterocycles. The van der Waals surface area contributed by atoms with E-state index >= 15 is 0 Å². The lowest BCUT2D eigenvalue weighted by Gasteiger charge is -2.33. The molecule has 2 aliphatic heterocycles. The van der Waals surface area contributed by atoms with Gasteiger partial charge in [0.2, 0.25) is 16.7 Å². The minimum atomic E-state index is -1.22. The van der Waals surface area contributed by atoms with Gasteiger partial charge in [-0.25, -0.2) is 4.90 Å². The topological polar surface area (TPSA) is 57.7 Å². The molecule has 2 aromatic carbocycles. The molecule has 1 saturated heterocycles. The summed E-state index contributed by atoms with van der Waals surface area (Å²) in [6.45, 7) is 5.35. The zero-order valence-corrected chi connectivity index (χ0v) is 15.6. The molecule has 0 bridgehead atoms. The van der Waals surface area contributed by atoms with Crippen LogP contribution in [-0.2, 0) is 19.3 Å². The van der Waals surface area contributed by atoms with E-state index in [0.29, 0.717) is 16.9 Å². The molecule has 0 aliphatic carbocycles. The molecule has 5 nitrogen and oxygen atoms in total. The summed E-state index contributed by atoms with van der Waals surface area (Å²) >= 11 is 1.28. The number of hydrogen-bond donors (Lipinski definition) is 0. The fourth-order valence-corrected chi connectivity index (χ4v) is 5.00. The lowest BCUT2D eigenvalue weighted by molar-refractivity contribution is -0.128. The van der Waals surface area contributed by atoms with Gasteiger partial charge >= 0.3 is 0 Å². The van der Waals surface area contributed by atoms with Crippen molar-refractivity contribution in [2.24, 2.45) is 0 Å². The van der Waals surface area contributed by atoms with E-state index in [0.717, 1.165) is 11.1 Å². The zero-order valence-electron chi connectivity index (χ0n) is 14.8. The van der Waals surface area contributed by atoms with Crippen LogP contribution in [0.3, 0.4) is 0 Å². The first-order chi connectivity index (χ1) is 12.4. The summed E-state index contributed by atoms with van der Waals surface area (Å²) in [5.41, 5.74) is 4.09. The van der Waals surface area contributed by atoms with Crippen LogP contribution in [0.4, 0.5) is 11.4 Å². The molecule has 1 unspecified atom stereocenters. The molecule has 1 atom stereocenters. The van der Waals surface area contributed by atoms with Crippen molar-refractivity contribution in [1.82, 2.24) is 0 Å². The first kappa shape index (κ1) is 16.8. The predicted molar refractivity (Wildman–Crippen MR) is 102 cm³/mol. The molecular weight excluding hydrogens is 348 g/mol. The summed E-state index contributed by atoms with van der Waals surface area (Å²) in [4.78, 5) is 39.9. The number of carbonyl (C=O) groups is 3. The van der Waals surface area contributed by atoms with Crippen molar-refractivity contribution >= 4 is 40.9 Å². The van der Waals surface area contributed by atoms with E-state index in [2.05, 4.69) is 0 Å². The lowest BCUT2D eigenvalue weighted by Crippen LogP contribution is -2.50. The third kappa shape index (κ3) is 2.08. The normalized spacial score (nSPS) is 21.7. The van der Waals surface area contributed by atoms with Crippen LogP contribution in [-0.4, -0.2) is 23.5 Å². The molecular formula is C20H18N2O3S. The van der Waals surface area contributed by atoms with Gasteiger partial charge in [0.15, 0.2) is 0 Å². The maximum atomic E-state index is 13.4. The highest BCUT2D eigenvalue weighted by Crippen LogP contribution is 2.55. The van der Waals surface area contributed by atoms with Crippen LogP contribution in [0.2, 0.25) is 0 Å². The molecule has 1 spiro atoms. The second-order valence-corrected chi connectivity index (χ2v) is 7.78. The van der Waals surface area contributed by atoms with Crippen LogP contribution < -0.4 is 9.80 Å². The van der Waals surface area contributed by atoms with E-state index in [1.807, 2.05) is 44.2 Å². The van der Waals surface area contributed by atoms with Crippen molar-refractivity contribution in [2.75, 3.05) is 15.6 Å². The smallest absolute Gasteiger partial charge is 0.275 e. The fourth-order valence-electron chi connectivity index (χ4n) is 3.66. The Morgan fingerprint density at radius 3 is 2.50 bits per heavy atom. The Kier molecular flexibility index (Phi) is 3.70. The van der Waals surface area contributed by atoms with E-state index in [1.54, 1.807) is 17.0 Å². The average Bonchev–Trinajstić information content (AvgIpc) is 3.07. The molecule has 2 heterocycles. The summed E-state index contributed by atoms with van der Waals surface area (Å²) in [7, 11) is 0. The summed E-state index contributed by atoms with van der Waals surface area (Å²) in [5, 5.41) is 0. The second kappa shape index (κ2) is 5.71. The SMILES string of the molecule is CC(=O)N1C(=O)C2(SCC(=O)N2c2ccc(C)c(C)c2)c2ccccc21. The molecule has 1 fully saturated rings. The molecule has 0 N–H and O–H groups in total. The summed E-state index contributed by atoms with van der Waals surface area (Å²) in [6.07, 6.45) is 0. The third-order valence-electron chi connectivity index (χ3n) is 5.04. The van der Waals surface area contributed by atoms with Crippen molar-refractivity contribution in [3.63, 3.8) is 0 Å². The van der Waals surface area contributed by atoms with Crippen molar-refractivity contribution in [2.45, 2.75) is 25.6 Å². The van der Waals surface area contributed by atoms with Gasteiger partial charge in [-0.2, -0.15) is 0 Å². The van der Waals surface area contributed by atoms with Gasteiger partial charge in [-0.15, -0.1) is 11.8 Å². The van der Waals surface area contributed by atoms with Crippen molar-refractivity contribution in [3.05, 3.63) is 59.2 Å². The van der Waals surface area contributed by atoms with Gasteiger partial charge in [-0.1, -0.05) is 24.3 Å². The van der Waals surface area contributed by atoms with Crippen molar-refractivity contribution < 1.29 is 14.4 Å². The van der Waals surface area contributed by atoms with E-state index in [1.165, 1.54) is 23.6 Å². The maximum absolute atomic E-state index is 13.4. The second-order valence-electron chi connectivity index (χ2n) is 6.61. The van der Waals surface area contributed by atoms with E-state index in [-0.39, 0.29) is 23.5 Å². The number of aryl methyl sites for hydroxylation is 2. The molecule has 3 amide bonds. The Bertz CT molecular complexity index is 971. The van der Waals surface area contributed by atoms with Crippen molar-refractivity contribution in [3.8, 4) is 0 Å². The molecule has 2 aliphatic rings. The van der Waals surface area contributed by atoms with E-state index in [9.17, 15) is 14.4 Å². The monoisotopic (exact) mass is 366 g/mol. The number of thioether (sulfide) groups is 1. The summed E-state index contributed by atoms with van der Waals surface area (Å²) < 4.78 is 0. The third-order valence-corrected chi connectivity index (χ3v) is 6.42. The van der Waals surface area contributed by atoms with Gasteiger partial charge in [0, 0.05) is 18.2 Å². The fraction of sp³-hybridized carbons (Fsp3) is 0.250. The highest BCUT2D eigenvalue weighted by molar-refractivity contribution is 8.02. The summed E-state index contributed by atoms with van der Waals surface area (Å²) in [5.74, 6) is -0.662. The van der Waals surface area contributed by atoms with Gasteiger partial charge < -0.3 is 0 Å². The predicted octanol–water partition coefficient (Wildman–Crippen LogP) is 3.13. The largest absolute Gasteiger partial charge is 0.283 e. The van der Waals surface area contributed by atoms with Gasteiger partial charge in [0.25, 0.3) is 5.91 Å². The van der Waals surface area contributed by atoms with Crippen LogP contribution in [0.25, 0.3) is 0 Å². The Morgan fingerprint density at radius 2 is 1.81 bits per heavy atom. The van der Waals surface area contributed by atoms with Gasteiger partial charge in [0.1, 0.15) is 0 Å². The lowest BCUT2D eigenvalue weighted by atomic mass is 10.0. The number of amides is 3. The van der Waals surface area contributed by atoms with Crippen LogP contribution in [0.15, 0.2) is 42.5 Å². The van der Waals surface area contributed by atoms with E-state index < -0.39 is 4.87 Å². The summed E-state index contributed by atoms with van der Waals surface area (Å²) in [6, 6.07) is 12.9.